The van der Waals surface area contributed by atoms with Crippen molar-refractivity contribution >= 4 is 40.2 Å². The molecule has 10 heteroatoms. The summed E-state index contributed by atoms with van der Waals surface area (Å²) in [5, 5.41) is 13.1. The lowest BCUT2D eigenvalue weighted by atomic mass is 9.89. The van der Waals surface area contributed by atoms with Crippen molar-refractivity contribution in [3.05, 3.63) is 48.3 Å². The largest absolute Gasteiger partial charge is 0.493 e. The molecule has 1 fully saturated rings. The Morgan fingerprint density at radius 3 is 2.42 bits per heavy atom. The second-order valence-corrected chi connectivity index (χ2v) is 9.99. The third-order valence-corrected chi connectivity index (χ3v) is 6.89. The van der Waals surface area contributed by atoms with Gasteiger partial charge in [0.25, 0.3) is 5.91 Å². The Bertz CT molecular complexity index is 1320. The fourth-order valence-corrected chi connectivity index (χ4v) is 4.66. The zero-order valence-electron chi connectivity index (χ0n) is 22.4. The molecule has 1 aliphatic heterocycles. The van der Waals surface area contributed by atoms with E-state index in [0.29, 0.717) is 50.7 Å². The number of piperazine rings is 1. The normalized spacial score (nSPS) is 14.0. The number of carbonyl (C=O) groups excluding carboxylic acids is 2. The Hall–Kier alpha value is -4.08. The van der Waals surface area contributed by atoms with E-state index in [1.165, 1.54) is 0 Å². The van der Waals surface area contributed by atoms with Crippen molar-refractivity contribution in [1.29, 1.82) is 0 Å². The second-order valence-electron chi connectivity index (χ2n) is 9.99. The van der Waals surface area contributed by atoms with Crippen LogP contribution in [-0.2, 0) is 16.1 Å². The van der Waals surface area contributed by atoms with Crippen LogP contribution in [0.25, 0.3) is 10.9 Å². The van der Waals surface area contributed by atoms with E-state index in [1.54, 1.807) is 24.9 Å². The van der Waals surface area contributed by atoms with Crippen molar-refractivity contribution < 1.29 is 24.2 Å². The molecule has 2 amide bonds. The summed E-state index contributed by atoms with van der Waals surface area (Å²) < 4.78 is 7.71. The Balaban J connectivity index is 1.39. The summed E-state index contributed by atoms with van der Waals surface area (Å²) in [5.41, 5.74) is 0.987. The summed E-state index contributed by atoms with van der Waals surface area (Å²) >= 11 is 0. The lowest BCUT2D eigenvalue weighted by Gasteiger charge is -2.36. The number of hydrogen-bond acceptors (Lipinski definition) is 6. The van der Waals surface area contributed by atoms with Gasteiger partial charge in [-0.05, 0) is 58.0 Å². The minimum atomic E-state index is -1.09. The van der Waals surface area contributed by atoms with Crippen LogP contribution in [0.2, 0.25) is 0 Å². The maximum Gasteiger partial charge on any atom is 0.309 e. The molecule has 1 saturated heterocycles. The Morgan fingerprint density at radius 2 is 1.82 bits per heavy atom. The molecule has 0 radical (unpaired) electrons. The van der Waals surface area contributed by atoms with E-state index in [9.17, 15) is 19.5 Å². The highest BCUT2D eigenvalue weighted by Crippen LogP contribution is 2.30. The van der Waals surface area contributed by atoms with Gasteiger partial charge in [-0.2, -0.15) is 0 Å². The predicted octanol–water partition coefficient (Wildman–Crippen LogP) is 3.86. The van der Waals surface area contributed by atoms with E-state index < -0.39 is 11.4 Å². The number of carboxylic acids is 1. The van der Waals surface area contributed by atoms with Gasteiger partial charge in [0.15, 0.2) is 0 Å². The van der Waals surface area contributed by atoms with Crippen LogP contribution in [0.4, 0.5) is 11.5 Å². The average molecular weight is 522 g/mol. The number of fused-ring (bicyclic) bond motifs is 1. The molecular formula is C28H35N5O5. The number of aromatic nitrogens is 2. The van der Waals surface area contributed by atoms with Crippen LogP contribution < -0.4 is 15.0 Å². The molecular weight excluding hydrogens is 486 g/mol. The number of aryl methyl sites for hydroxylation is 1. The topological polar surface area (TPSA) is 117 Å². The van der Waals surface area contributed by atoms with Gasteiger partial charge in [0.1, 0.15) is 17.3 Å². The monoisotopic (exact) mass is 521 g/mol. The van der Waals surface area contributed by atoms with Crippen LogP contribution >= 0.6 is 0 Å². The van der Waals surface area contributed by atoms with E-state index in [4.69, 9.17) is 4.74 Å². The van der Waals surface area contributed by atoms with Crippen LogP contribution in [0.5, 0.6) is 5.75 Å². The summed E-state index contributed by atoms with van der Waals surface area (Å²) in [6.45, 7) is 10.4. The third-order valence-electron chi connectivity index (χ3n) is 6.89. The van der Waals surface area contributed by atoms with Gasteiger partial charge in [0, 0.05) is 44.5 Å². The number of hydrogen-bond donors (Lipinski definition) is 2. The number of carboxylic acid groups (broad SMARTS) is 1. The molecule has 0 bridgehead atoms. The van der Waals surface area contributed by atoms with Gasteiger partial charge < -0.3 is 29.5 Å². The Kier molecular flexibility index (Phi) is 7.89. The first kappa shape index (κ1) is 27.0. The molecule has 0 spiro atoms. The van der Waals surface area contributed by atoms with E-state index in [1.807, 2.05) is 54.8 Å². The Labute approximate surface area is 222 Å². The van der Waals surface area contributed by atoms with Gasteiger partial charge in [-0.1, -0.05) is 6.07 Å². The van der Waals surface area contributed by atoms with Crippen LogP contribution in [0, 0.1) is 5.41 Å². The molecule has 0 aliphatic carbocycles. The van der Waals surface area contributed by atoms with E-state index in [-0.39, 0.29) is 18.2 Å². The fourth-order valence-electron chi connectivity index (χ4n) is 4.66. The summed E-state index contributed by atoms with van der Waals surface area (Å²) in [5.74, 6) is 0.152. The quantitative estimate of drug-likeness (QED) is 0.439. The number of anilines is 2. The smallest absolute Gasteiger partial charge is 0.309 e. The zero-order chi connectivity index (χ0) is 27.4. The van der Waals surface area contributed by atoms with E-state index in [0.717, 1.165) is 22.5 Å². The standard InChI is InChI=1S/C28H35N5O5/c1-5-33-21-8-7-9-23(38-6-2)20(21)16-22(33)26(35)30-19-10-11-24(29-18-19)31-12-14-32(15-13-31)25(34)17-28(3,4)27(36)37/h7-11,16,18H,5-6,12-15,17H2,1-4H3,(H,30,35)(H,36,37). The molecule has 10 nitrogen and oxygen atoms in total. The molecule has 2 N–H and O–H groups in total. The van der Waals surface area contributed by atoms with Gasteiger partial charge in [0.2, 0.25) is 5.91 Å². The molecule has 1 aromatic carbocycles. The lowest BCUT2D eigenvalue weighted by Crippen LogP contribution is -2.50. The number of aliphatic carboxylic acids is 1. The third kappa shape index (κ3) is 5.58. The molecule has 0 unspecified atom stereocenters. The second kappa shape index (κ2) is 11.1. The first-order valence-corrected chi connectivity index (χ1v) is 12.9. The molecule has 2 aromatic heterocycles. The number of ether oxygens (including phenoxy) is 1. The highest BCUT2D eigenvalue weighted by atomic mass is 16.5. The molecule has 3 aromatic rings. The van der Waals surface area contributed by atoms with Crippen molar-refractivity contribution in [2.24, 2.45) is 5.41 Å². The molecule has 38 heavy (non-hydrogen) atoms. The number of amides is 2. The van der Waals surface area contributed by atoms with Crippen molar-refractivity contribution in [2.75, 3.05) is 43.0 Å². The highest BCUT2D eigenvalue weighted by molar-refractivity contribution is 6.07. The maximum absolute atomic E-state index is 13.2. The SMILES string of the molecule is CCOc1cccc2c1cc(C(=O)Nc1ccc(N3CCN(C(=O)CC(C)(C)C(=O)O)CC3)nc1)n2CC. The lowest BCUT2D eigenvalue weighted by molar-refractivity contribution is -0.151. The fraction of sp³-hybridized carbons (Fsp3) is 0.429. The van der Waals surface area contributed by atoms with Crippen molar-refractivity contribution in [2.45, 2.75) is 40.7 Å². The van der Waals surface area contributed by atoms with E-state index in [2.05, 4.69) is 15.2 Å². The minimum absolute atomic E-state index is 0.0289. The van der Waals surface area contributed by atoms with Gasteiger partial charge in [-0.3, -0.25) is 14.4 Å². The van der Waals surface area contributed by atoms with Crippen LogP contribution in [-0.4, -0.2) is 70.1 Å². The number of nitrogens with zero attached hydrogens (tertiary/aromatic N) is 4. The Morgan fingerprint density at radius 1 is 1.08 bits per heavy atom. The first-order chi connectivity index (χ1) is 18.1. The van der Waals surface area contributed by atoms with Crippen molar-refractivity contribution in [3.63, 3.8) is 0 Å². The van der Waals surface area contributed by atoms with Crippen LogP contribution in [0.1, 0.15) is 44.6 Å². The summed E-state index contributed by atoms with van der Waals surface area (Å²) in [4.78, 5) is 45.4. The van der Waals surface area contributed by atoms with Gasteiger partial charge in [-0.15, -0.1) is 0 Å². The summed E-state index contributed by atoms with van der Waals surface area (Å²) in [6, 6.07) is 11.3. The molecule has 202 valence electrons. The van der Waals surface area contributed by atoms with Gasteiger partial charge >= 0.3 is 5.97 Å². The van der Waals surface area contributed by atoms with Crippen molar-refractivity contribution in [1.82, 2.24) is 14.5 Å². The number of benzene rings is 1. The highest BCUT2D eigenvalue weighted by Gasteiger charge is 2.33. The number of pyridine rings is 1. The summed E-state index contributed by atoms with van der Waals surface area (Å²) in [7, 11) is 0. The number of nitrogens with one attached hydrogen (secondary N) is 1. The molecule has 0 saturated carbocycles. The summed E-state index contributed by atoms with van der Waals surface area (Å²) in [6.07, 6.45) is 1.60. The van der Waals surface area contributed by atoms with Gasteiger partial charge in [0.05, 0.1) is 29.4 Å². The van der Waals surface area contributed by atoms with Crippen LogP contribution in [0.15, 0.2) is 42.6 Å². The van der Waals surface area contributed by atoms with Crippen molar-refractivity contribution in [3.8, 4) is 5.75 Å². The average Bonchev–Trinajstić information content (AvgIpc) is 3.29. The van der Waals surface area contributed by atoms with Crippen LogP contribution in [0.3, 0.4) is 0 Å². The van der Waals surface area contributed by atoms with E-state index >= 15 is 0 Å². The number of carbonyl (C=O) groups is 3. The number of rotatable bonds is 9. The molecule has 3 heterocycles. The minimum Gasteiger partial charge on any atom is -0.493 e. The first-order valence-electron chi connectivity index (χ1n) is 12.9. The molecule has 0 atom stereocenters. The maximum atomic E-state index is 13.2. The predicted molar refractivity (Wildman–Crippen MR) is 146 cm³/mol. The zero-order valence-corrected chi connectivity index (χ0v) is 22.4. The molecule has 1 aliphatic rings. The van der Waals surface area contributed by atoms with Gasteiger partial charge in [-0.25, -0.2) is 4.98 Å². The molecule has 4 rings (SSSR count).